The highest BCUT2D eigenvalue weighted by molar-refractivity contribution is 7.22. The smallest absolute Gasteiger partial charge is 0.260 e. The first-order valence-electron chi connectivity index (χ1n) is 9.72. The molecule has 0 saturated heterocycles. The van der Waals surface area contributed by atoms with Gasteiger partial charge in [-0.3, -0.25) is 19.7 Å². The summed E-state index contributed by atoms with van der Waals surface area (Å²) in [7, 11) is 0. The van der Waals surface area contributed by atoms with E-state index in [0.717, 1.165) is 26.9 Å². The number of rotatable bonds is 4. The summed E-state index contributed by atoms with van der Waals surface area (Å²) in [6.45, 7) is 2.35. The lowest BCUT2D eigenvalue weighted by atomic mass is 10.1. The number of aryl methyl sites for hydroxylation is 1. The van der Waals surface area contributed by atoms with Gasteiger partial charge < -0.3 is 0 Å². The number of carbonyl (C=O) groups excluding carboxylic acids is 1. The van der Waals surface area contributed by atoms with Crippen LogP contribution in [0.15, 0.2) is 73.1 Å². The van der Waals surface area contributed by atoms with E-state index in [1.807, 2.05) is 55.5 Å². The lowest BCUT2D eigenvalue weighted by Gasteiger charge is -2.20. The van der Waals surface area contributed by atoms with E-state index < -0.39 is 0 Å². The Balaban J connectivity index is 1.61. The molecule has 2 aromatic heterocycles. The quantitative estimate of drug-likeness (QED) is 0.338. The second-order valence-corrected chi connectivity index (χ2v) is 8.57. The number of carbonyl (C=O) groups is 1. The molecule has 0 saturated carbocycles. The first-order valence-corrected chi connectivity index (χ1v) is 10.9. The Bertz CT molecular complexity index is 1420. The van der Waals surface area contributed by atoms with Crippen molar-refractivity contribution in [2.75, 3.05) is 4.90 Å². The standard InChI is InChI=1S/C24H17ClN4OS/c1-15-18(25)8-10-21-22(15)28-24(31-21)29(14-16-5-3-2-4-6-16)23(30)17-7-9-19-20(13-17)27-12-11-26-19/h2-13H,14H2,1H3. The maximum absolute atomic E-state index is 13.6. The molecular weight excluding hydrogens is 428 g/mol. The monoisotopic (exact) mass is 444 g/mol. The van der Waals surface area contributed by atoms with E-state index >= 15 is 0 Å². The molecule has 0 radical (unpaired) electrons. The molecule has 5 aromatic rings. The Morgan fingerprint density at radius 3 is 2.58 bits per heavy atom. The molecule has 0 atom stereocenters. The van der Waals surface area contributed by atoms with Gasteiger partial charge in [-0.2, -0.15) is 0 Å². The van der Waals surface area contributed by atoms with Crippen LogP contribution in [0.25, 0.3) is 21.3 Å². The van der Waals surface area contributed by atoms with Crippen LogP contribution in [0.3, 0.4) is 0 Å². The van der Waals surface area contributed by atoms with Gasteiger partial charge in [0.15, 0.2) is 5.13 Å². The zero-order chi connectivity index (χ0) is 21.4. The van der Waals surface area contributed by atoms with Crippen molar-refractivity contribution in [2.45, 2.75) is 13.5 Å². The van der Waals surface area contributed by atoms with Gasteiger partial charge in [-0.05, 0) is 48.4 Å². The molecule has 0 fully saturated rings. The van der Waals surface area contributed by atoms with Gasteiger partial charge in [-0.15, -0.1) is 0 Å². The van der Waals surface area contributed by atoms with Gasteiger partial charge in [-0.25, -0.2) is 4.98 Å². The molecule has 0 N–H and O–H groups in total. The average molecular weight is 445 g/mol. The van der Waals surface area contributed by atoms with Crippen molar-refractivity contribution in [3.63, 3.8) is 0 Å². The summed E-state index contributed by atoms with van der Waals surface area (Å²) >= 11 is 7.77. The molecule has 0 aliphatic rings. The summed E-state index contributed by atoms with van der Waals surface area (Å²) in [6, 6.07) is 19.1. The molecule has 0 aliphatic heterocycles. The molecule has 7 heteroatoms. The molecule has 0 bridgehead atoms. The average Bonchev–Trinajstić information content (AvgIpc) is 3.25. The number of benzene rings is 3. The predicted octanol–water partition coefficient (Wildman–Crippen LogP) is 6.05. The molecular formula is C24H17ClN4OS. The zero-order valence-electron chi connectivity index (χ0n) is 16.6. The van der Waals surface area contributed by atoms with Crippen LogP contribution in [0, 0.1) is 6.92 Å². The van der Waals surface area contributed by atoms with Crippen LogP contribution in [0.1, 0.15) is 21.5 Å². The lowest BCUT2D eigenvalue weighted by Crippen LogP contribution is -2.30. The molecule has 1 amide bonds. The van der Waals surface area contributed by atoms with Gasteiger partial charge in [0.25, 0.3) is 5.91 Å². The number of halogens is 1. The van der Waals surface area contributed by atoms with E-state index in [0.29, 0.717) is 27.8 Å². The van der Waals surface area contributed by atoms with Gasteiger partial charge in [-0.1, -0.05) is 53.3 Å². The van der Waals surface area contributed by atoms with Gasteiger partial charge in [0.2, 0.25) is 0 Å². The SMILES string of the molecule is Cc1c(Cl)ccc2sc(N(Cc3ccccc3)C(=O)c3ccc4nccnc4c3)nc12. The molecule has 0 spiro atoms. The van der Waals surface area contributed by atoms with E-state index in [1.165, 1.54) is 11.3 Å². The van der Waals surface area contributed by atoms with Crippen molar-refractivity contribution < 1.29 is 4.79 Å². The number of hydrogen-bond donors (Lipinski definition) is 0. The van der Waals surface area contributed by atoms with Crippen molar-refractivity contribution in [1.29, 1.82) is 0 Å². The van der Waals surface area contributed by atoms with E-state index in [4.69, 9.17) is 16.6 Å². The van der Waals surface area contributed by atoms with Crippen molar-refractivity contribution in [2.24, 2.45) is 0 Å². The van der Waals surface area contributed by atoms with Crippen LogP contribution in [0.2, 0.25) is 5.02 Å². The molecule has 2 heterocycles. The third kappa shape index (κ3) is 3.76. The molecule has 152 valence electrons. The van der Waals surface area contributed by atoms with E-state index in [2.05, 4.69) is 9.97 Å². The summed E-state index contributed by atoms with van der Waals surface area (Å²) < 4.78 is 0.993. The van der Waals surface area contributed by atoms with Crippen LogP contribution < -0.4 is 4.90 Å². The van der Waals surface area contributed by atoms with Crippen LogP contribution in [0.4, 0.5) is 5.13 Å². The summed E-state index contributed by atoms with van der Waals surface area (Å²) in [5.41, 5.74) is 4.72. The van der Waals surface area contributed by atoms with Gasteiger partial charge >= 0.3 is 0 Å². The second-order valence-electron chi connectivity index (χ2n) is 7.15. The van der Waals surface area contributed by atoms with Crippen LogP contribution in [-0.4, -0.2) is 20.9 Å². The Hall–Kier alpha value is -3.35. The molecule has 5 rings (SSSR count). The third-order valence-corrected chi connectivity index (χ3v) is 6.57. The highest BCUT2D eigenvalue weighted by atomic mass is 35.5. The Kier molecular flexibility index (Phi) is 5.10. The minimum atomic E-state index is -0.140. The van der Waals surface area contributed by atoms with Gasteiger partial charge in [0.1, 0.15) is 0 Å². The fourth-order valence-electron chi connectivity index (χ4n) is 3.45. The number of anilines is 1. The van der Waals surface area contributed by atoms with Crippen LogP contribution in [0.5, 0.6) is 0 Å². The van der Waals surface area contributed by atoms with Crippen molar-refractivity contribution in [1.82, 2.24) is 15.0 Å². The summed E-state index contributed by atoms with van der Waals surface area (Å²) in [5.74, 6) is -0.140. The topological polar surface area (TPSA) is 59.0 Å². The molecule has 0 aliphatic carbocycles. The maximum Gasteiger partial charge on any atom is 0.260 e. The fraction of sp³-hybridized carbons (Fsp3) is 0.0833. The van der Waals surface area contributed by atoms with Crippen LogP contribution >= 0.6 is 22.9 Å². The third-order valence-electron chi connectivity index (χ3n) is 5.11. The number of thiazole rings is 1. The van der Waals surface area contributed by atoms with E-state index in [9.17, 15) is 4.79 Å². The zero-order valence-corrected chi connectivity index (χ0v) is 18.2. The highest BCUT2D eigenvalue weighted by Crippen LogP contribution is 2.35. The number of fused-ring (bicyclic) bond motifs is 2. The number of aromatic nitrogens is 3. The van der Waals surface area contributed by atoms with E-state index in [1.54, 1.807) is 29.4 Å². The summed E-state index contributed by atoms with van der Waals surface area (Å²) in [4.78, 5) is 28.8. The number of hydrogen-bond acceptors (Lipinski definition) is 5. The molecule has 0 unspecified atom stereocenters. The van der Waals surface area contributed by atoms with Crippen molar-refractivity contribution in [3.05, 3.63) is 94.8 Å². The van der Waals surface area contributed by atoms with Gasteiger partial charge in [0.05, 0.1) is 27.8 Å². The minimum Gasteiger partial charge on any atom is -0.279 e. The molecule has 31 heavy (non-hydrogen) atoms. The lowest BCUT2D eigenvalue weighted by molar-refractivity contribution is 0.0985. The van der Waals surface area contributed by atoms with E-state index in [-0.39, 0.29) is 5.91 Å². The van der Waals surface area contributed by atoms with Gasteiger partial charge in [0, 0.05) is 23.0 Å². The Morgan fingerprint density at radius 2 is 1.77 bits per heavy atom. The fourth-order valence-corrected chi connectivity index (χ4v) is 4.62. The normalized spacial score (nSPS) is 11.2. The Labute approximate surface area is 188 Å². The molecule has 5 nitrogen and oxygen atoms in total. The Morgan fingerprint density at radius 1 is 1.00 bits per heavy atom. The predicted molar refractivity (Wildman–Crippen MR) is 126 cm³/mol. The highest BCUT2D eigenvalue weighted by Gasteiger charge is 2.23. The van der Waals surface area contributed by atoms with Crippen molar-refractivity contribution in [3.8, 4) is 0 Å². The first-order chi connectivity index (χ1) is 15.1. The maximum atomic E-state index is 13.6. The first kappa shape index (κ1) is 19.6. The number of amides is 1. The molecule has 3 aromatic carbocycles. The van der Waals surface area contributed by atoms with Crippen LogP contribution in [-0.2, 0) is 6.54 Å². The summed E-state index contributed by atoms with van der Waals surface area (Å²) in [6.07, 6.45) is 3.26. The summed E-state index contributed by atoms with van der Waals surface area (Å²) in [5, 5.41) is 1.30. The second kappa shape index (κ2) is 8.06. The largest absolute Gasteiger partial charge is 0.279 e. The van der Waals surface area contributed by atoms with Crippen molar-refractivity contribution >= 4 is 55.2 Å². The minimum absolute atomic E-state index is 0.140. The number of nitrogens with zero attached hydrogens (tertiary/aromatic N) is 4.